The average Bonchev–Trinajstić information content (AvgIpc) is 2.42. The van der Waals surface area contributed by atoms with Crippen molar-refractivity contribution in [1.29, 1.82) is 0 Å². The second-order valence-electron chi connectivity index (χ2n) is 3.57. The van der Waals surface area contributed by atoms with Gasteiger partial charge in [-0.25, -0.2) is 0 Å². The third kappa shape index (κ3) is 3.98. The van der Waals surface area contributed by atoms with Gasteiger partial charge < -0.3 is 9.47 Å². The normalized spacial score (nSPS) is 10.3. The van der Waals surface area contributed by atoms with Crippen LogP contribution in [-0.4, -0.2) is 23.4 Å². The molecular formula is C13H13ClN2O2. The molecule has 0 N–H and O–H groups in total. The van der Waals surface area contributed by atoms with Crippen LogP contribution in [0.5, 0.6) is 5.75 Å². The molecule has 0 fully saturated rings. The van der Waals surface area contributed by atoms with E-state index in [4.69, 9.17) is 21.1 Å². The van der Waals surface area contributed by atoms with Gasteiger partial charge in [0.2, 0.25) is 0 Å². The third-order valence-electron chi connectivity index (χ3n) is 2.24. The Labute approximate surface area is 111 Å². The summed E-state index contributed by atoms with van der Waals surface area (Å²) in [5.74, 6) is 0.523. The van der Waals surface area contributed by atoms with E-state index in [1.165, 1.54) is 6.20 Å². The van der Waals surface area contributed by atoms with Gasteiger partial charge in [-0.05, 0) is 5.56 Å². The molecular weight excluding hydrogens is 252 g/mol. The van der Waals surface area contributed by atoms with Crippen molar-refractivity contribution >= 4 is 11.6 Å². The van der Waals surface area contributed by atoms with E-state index < -0.39 is 0 Å². The first-order valence-electron chi connectivity index (χ1n) is 5.58. The van der Waals surface area contributed by atoms with Crippen molar-refractivity contribution < 1.29 is 9.47 Å². The SMILES string of the molecule is Clc1nnccc1OCCOCc1ccccc1. The Morgan fingerprint density at radius 2 is 1.89 bits per heavy atom. The lowest BCUT2D eigenvalue weighted by Crippen LogP contribution is -2.07. The molecule has 1 aromatic heterocycles. The standard InChI is InChI=1S/C13H13ClN2O2/c14-13-12(6-7-15-16-13)18-9-8-17-10-11-4-2-1-3-5-11/h1-7H,8-10H2. The van der Waals surface area contributed by atoms with Crippen molar-refractivity contribution in [3.8, 4) is 5.75 Å². The van der Waals surface area contributed by atoms with Gasteiger partial charge in [0, 0.05) is 6.07 Å². The number of ether oxygens (including phenoxy) is 2. The number of benzene rings is 1. The maximum Gasteiger partial charge on any atom is 0.193 e. The maximum atomic E-state index is 5.79. The van der Waals surface area contributed by atoms with Crippen LogP contribution in [-0.2, 0) is 11.3 Å². The minimum atomic E-state index is 0.264. The van der Waals surface area contributed by atoms with E-state index in [0.29, 0.717) is 25.6 Å². The van der Waals surface area contributed by atoms with Crippen molar-refractivity contribution in [3.63, 3.8) is 0 Å². The van der Waals surface area contributed by atoms with E-state index in [-0.39, 0.29) is 5.15 Å². The second-order valence-corrected chi connectivity index (χ2v) is 3.93. The molecule has 2 rings (SSSR count). The molecule has 18 heavy (non-hydrogen) atoms. The van der Waals surface area contributed by atoms with Crippen LogP contribution in [0.2, 0.25) is 5.15 Å². The molecule has 0 spiro atoms. The summed E-state index contributed by atoms with van der Waals surface area (Å²) >= 11 is 5.79. The average molecular weight is 265 g/mol. The lowest BCUT2D eigenvalue weighted by atomic mass is 10.2. The molecule has 0 saturated heterocycles. The van der Waals surface area contributed by atoms with E-state index in [1.54, 1.807) is 6.07 Å². The van der Waals surface area contributed by atoms with E-state index in [2.05, 4.69) is 10.2 Å². The van der Waals surface area contributed by atoms with E-state index in [0.717, 1.165) is 5.56 Å². The summed E-state index contributed by atoms with van der Waals surface area (Å²) in [4.78, 5) is 0. The number of nitrogens with zero attached hydrogens (tertiary/aromatic N) is 2. The van der Waals surface area contributed by atoms with Gasteiger partial charge in [0.05, 0.1) is 19.4 Å². The Morgan fingerprint density at radius 1 is 1.06 bits per heavy atom. The first-order valence-corrected chi connectivity index (χ1v) is 5.96. The molecule has 2 aromatic rings. The Hall–Kier alpha value is -1.65. The van der Waals surface area contributed by atoms with Gasteiger partial charge in [0.25, 0.3) is 0 Å². The molecule has 0 amide bonds. The van der Waals surface area contributed by atoms with Crippen molar-refractivity contribution in [2.24, 2.45) is 0 Å². The summed E-state index contributed by atoms with van der Waals surface area (Å²) in [7, 11) is 0. The first-order chi connectivity index (χ1) is 8.86. The predicted molar refractivity (Wildman–Crippen MR) is 68.6 cm³/mol. The van der Waals surface area contributed by atoms with Crippen LogP contribution in [0.1, 0.15) is 5.56 Å². The van der Waals surface area contributed by atoms with Gasteiger partial charge >= 0.3 is 0 Å². The largest absolute Gasteiger partial charge is 0.488 e. The highest BCUT2D eigenvalue weighted by Gasteiger charge is 2.01. The predicted octanol–water partition coefficient (Wildman–Crippen LogP) is 2.73. The fourth-order valence-electron chi connectivity index (χ4n) is 1.39. The Morgan fingerprint density at radius 3 is 2.67 bits per heavy atom. The van der Waals surface area contributed by atoms with Crippen LogP contribution in [0.25, 0.3) is 0 Å². The molecule has 0 aliphatic carbocycles. The number of hydrogen-bond acceptors (Lipinski definition) is 4. The van der Waals surface area contributed by atoms with Crippen molar-refractivity contribution in [1.82, 2.24) is 10.2 Å². The molecule has 5 heteroatoms. The molecule has 0 radical (unpaired) electrons. The monoisotopic (exact) mass is 264 g/mol. The highest BCUT2D eigenvalue weighted by atomic mass is 35.5. The first kappa shape index (κ1) is 12.8. The van der Waals surface area contributed by atoms with Gasteiger partial charge in [-0.2, -0.15) is 5.10 Å². The number of halogens is 1. The molecule has 0 aliphatic heterocycles. The molecule has 4 nitrogen and oxygen atoms in total. The van der Waals surface area contributed by atoms with Gasteiger partial charge in [0.15, 0.2) is 10.9 Å². The number of aromatic nitrogens is 2. The van der Waals surface area contributed by atoms with Gasteiger partial charge in [-0.15, -0.1) is 5.10 Å². The summed E-state index contributed by atoms with van der Waals surface area (Å²) in [5, 5.41) is 7.58. The van der Waals surface area contributed by atoms with Crippen molar-refractivity contribution in [3.05, 3.63) is 53.3 Å². The van der Waals surface area contributed by atoms with Gasteiger partial charge in [0.1, 0.15) is 6.61 Å². The summed E-state index contributed by atoms with van der Waals surface area (Å²) < 4.78 is 10.9. The molecule has 1 heterocycles. The van der Waals surface area contributed by atoms with E-state index in [9.17, 15) is 0 Å². The van der Waals surface area contributed by atoms with Gasteiger partial charge in [-0.1, -0.05) is 41.9 Å². The lowest BCUT2D eigenvalue weighted by molar-refractivity contribution is 0.0888. The van der Waals surface area contributed by atoms with Crippen molar-refractivity contribution in [2.75, 3.05) is 13.2 Å². The Balaban J connectivity index is 1.66. The third-order valence-corrected chi connectivity index (χ3v) is 2.50. The molecule has 0 saturated carbocycles. The summed E-state index contributed by atoms with van der Waals surface area (Å²) in [6, 6.07) is 11.7. The van der Waals surface area contributed by atoms with Crippen LogP contribution >= 0.6 is 11.6 Å². The second kappa shape index (κ2) is 6.93. The summed E-state index contributed by atoms with van der Waals surface area (Å²) in [6.45, 7) is 1.50. The van der Waals surface area contributed by atoms with Crippen molar-refractivity contribution in [2.45, 2.75) is 6.61 Å². The number of hydrogen-bond donors (Lipinski definition) is 0. The highest BCUT2D eigenvalue weighted by molar-refractivity contribution is 6.30. The molecule has 0 atom stereocenters. The van der Waals surface area contributed by atoms with Crippen LogP contribution < -0.4 is 4.74 Å². The maximum absolute atomic E-state index is 5.79. The minimum absolute atomic E-state index is 0.264. The topological polar surface area (TPSA) is 44.2 Å². The zero-order valence-electron chi connectivity index (χ0n) is 9.75. The highest BCUT2D eigenvalue weighted by Crippen LogP contribution is 2.18. The summed E-state index contributed by atoms with van der Waals surface area (Å²) in [6.07, 6.45) is 1.53. The Bertz CT molecular complexity index is 479. The molecule has 0 unspecified atom stereocenters. The molecule has 0 bridgehead atoms. The van der Waals surface area contributed by atoms with E-state index >= 15 is 0 Å². The molecule has 94 valence electrons. The van der Waals surface area contributed by atoms with Crippen LogP contribution in [0.15, 0.2) is 42.6 Å². The lowest BCUT2D eigenvalue weighted by Gasteiger charge is -2.07. The van der Waals surface area contributed by atoms with E-state index in [1.807, 2.05) is 30.3 Å². The van der Waals surface area contributed by atoms with Crippen LogP contribution in [0.4, 0.5) is 0 Å². The fraction of sp³-hybridized carbons (Fsp3) is 0.231. The zero-order valence-corrected chi connectivity index (χ0v) is 10.5. The smallest absolute Gasteiger partial charge is 0.193 e. The molecule has 1 aromatic carbocycles. The zero-order chi connectivity index (χ0) is 12.6. The summed E-state index contributed by atoms with van der Waals surface area (Å²) in [5.41, 5.74) is 1.14. The molecule has 0 aliphatic rings. The van der Waals surface area contributed by atoms with Crippen LogP contribution in [0, 0.1) is 0 Å². The minimum Gasteiger partial charge on any atom is -0.488 e. The number of rotatable bonds is 6. The van der Waals surface area contributed by atoms with Crippen LogP contribution in [0.3, 0.4) is 0 Å². The Kier molecular flexibility index (Phi) is 4.93. The van der Waals surface area contributed by atoms with Gasteiger partial charge in [-0.3, -0.25) is 0 Å². The fourth-order valence-corrected chi connectivity index (χ4v) is 1.55. The quantitative estimate of drug-likeness (QED) is 0.753.